The number of fused-ring (bicyclic) bond motifs is 2. The molecule has 2 bridgehead atoms. The summed E-state index contributed by atoms with van der Waals surface area (Å²) >= 11 is 1.49. The summed E-state index contributed by atoms with van der Waals surface area (Å²) in [4.78, 5) is 44.5. The fourth-order valence-corrected chi connectivity index (χ4v) is 9.15. The van der Waals surface area contributed by atoms with E-state index in [-0.39, 0.29) is 30.2 Å². The molecular weight excluding hydrogens is 512 g/mol. The number of rotatable bonds is 8. The van der Waals surface area contributed by atoms with Gasteiger partial charge in [0, 0.05) is 17.5 Å². The molecule has 2 unspecified atom stereocenters. The van der Waals surface area contributed by atoms with Gasteiger partial charge in [-0.05, 0) is 41.3 Å². The molecule has 2 N–H and O–H groups in total. The Hall–Kier alpha value is -3.62. The second kappa shape index (κ2) is 9.84. The van der Waals surface area contributed by atoms with E-state index in [1.54, 1.807) is 11.0 Å². The third-order valence-electron chi connectivity index (χ3n) is 8.57. The van der Waals surface area contributed by atoms with Crippen molar-refractivity contribution >= 4 is 46.0 Å². The summed E-state index contributed by atoms with van der Waals surface area (Å²) < 4.78 is -0.875. The molecule has 1 spiro atoms. The maximum Gasteiger partial charge on any atom is 0.308 e. The van der Waals surface area contributed by atoms with Crippen LogP contribution in [0.1, 0.15) is 24.4 Å². The first-order chi connectivity index (χ1) is 18.9. The van der Waals surface area contributed by atoms with E-state index in [0.29, 0.717) is 24.1 Å². The molecule has 3 heterocycles. The average Bonchev–Trinajstić information content (AvgIpc) is 3.60. The molecule has 0 saturated carbocycles. The molecule has 3 aliphatic rings. The van der Waals surface area contributed by atoms with Crippen molar-refractivity contribution in [1.82, 2.24) is 4.90 Å². The molecule has 6 rings (SSSR count). The van der Waals surface area contributed by atoms with Gasteiger partial charge in [0.25, 0.3) is 5.91 Å². The molecule has 8 heteroatoms. The van der Waals surface area contributed by atoms with Crippen molar-refractivity contribution in [2.75, 3.05) is 18.1 Å². The number of anilines is 1. The minimum absolute atomic E-state index is 0.216. The second-order valence-electron chi connectivity index (χ2n) is 10.5. The van der Waals surface area contributed by atoms with E-state index in [9.17, 15) is 24.6 Å². The van der Waals surface area contributed by atoms with Gasteiger partial charge in [0.05, 0.1) is 29.2 Å². The van der Waals surface area contributed by atoms with Crippen LogP contribution in [0.3, 0.4) is 0 Å². The van der Waals surface area contributed by atoms with Crippen LogP contribution in [0.2, 0.25) is 0 Å². The third kappa shape index (κ3) is 3.88. The molecule has 3 aromatic rings. The van der Waals surface area contributed by atoms with E-state index in [4.69, 9.17) is 0 Å². The van der Waals surface area contributed by atoms with Crippen molar-refractivity contribution in [2.24, 2.45) is 11.8 Å². The summed E-state index contributed by atoms with van der Waals surface area (Å²) in [6, 6.07) is 21.1. The lowest BCUT2D eigenvalue weighted by Gasteiger charge is -2.39. The number of aliphatic hydroxyl groups excluding tert-OH is 1. The maximum atomic E-state index is 14.7. The number of aliphatic carboxylic acids is 1. The van der Waals surface area contributed by atoms with Gasteiger partial charge >= 0.3 is 5.97 Å². The lowest BCUT2D eigenvalue weighted by Crippen LogP contribution is -2.56. The molecule has 200 valence electrons. The predicted octanol–water partition coefficient (Wildman–Crippen LogP) is 4.27. The molecule has 39 heavy (non-hydrogen) atoms. The van der Waals surface area contributed by atoms with Gasteiger partial charge in [-0.2, -0.15) is 0 Å². The average molecular weight is 543 g/mol. The summed E-state index contributed by atoms with van der Waals surface area (Å²) in [5.74, 6) is -3.34. The van der Waals surface area contributed by atoms with Crippen molar-refractivity contribution in [3.8, 4) is 0 Å². The van der Waals surface area contributed by atoms with Crippen LogP contribution < -0.4 is 4.90 Å². The quantitative estimate of drug-likeness (QED) is 0.413. The van der Waals surface area contributed by atoms with Crippen LogP contribution in [-0.4, -0.2) is 62.1 Å². The standard InChI is InChI=1S/C31H30N2O5S/c1-2-16-32(22-13-12-19-8-6-7-11-21(19)17-22)29(36)27-31-15-14-24(39-31)25(30(37)38)26(31)28(35)33(27)23(18-34)20-9-4-3-5-10-20/h2-13,17,23-27,34H,1,14-16,18H2,(H,37,38)/t23-,24-,25+,26+,27?,31?/m1/s1. The number of likely N-dealkylation sites (tertiary alicyclic amines) is 1. The minimum atomic E-state index is -1.00. The summed E-state index contributed by atoms with van der Waals surface area (Å²) in [5.41, 5.74) is 1.38. The molecule has 3 aliphatic heterocycles. The van der Waals surface area contributed by atoms with Crippen molar-refractivity contribution in [2.45, 2.75) is 34.9 Å². The Kier molecular flexibility index (Phi) is 6.47. The first kappa shape index (κ1) is 25.6. The molecule has 0 aliphatic carbocycles. The van der Waals surface area contributed by atoms with Crippen molar-refractivity contribution in [3.63, 3.8) is 0 Å². The number of carboxylic acid groups (broad SMARTS) is 1. The van der Waals surface area contributed by atoms with Crippen LogP contribution in [0.5, 0.6) is 0 Å². The number of amides is 2. The van der Waals surface area contributed by atoms with E-state index < -0.39 is 34.6 Å². The first-order valence-corrected chi connectivity index (χ1v) is 14.1. The third-order valence-corrected chi connectivity index (χ3v) is 10.5. The first-order valence-electron chi connectivity index (χ1n) is 13.2. The molecule has 7 nitrogen and oxygen atoms in total. The number of nitrogens with zero attached hydrogens (tertiary/aromatic N) is 2. The summed E-state index contributed by atoms with van der Waals surface area (Å²) in [6.45, 7) is 3.72. The number of aliphatic hydroxyl groups is 1. The van der Waals surface area contributed by atoms with Crippen molar-refractivity contribution in [3.05, 3.63) is 91.0 Å². The Balaban J connectivity index is 1.49. The normalized spacial score (nSPS) is 27.9. The number of benzene rings is 3. The van der Waals surface area contributed by atoms with E-state index >= 15 is 0 Å². The number of thioether (sulfide) groups is 1. The zero-order chi connectivity index (χ0) is 27.3. The highest BCUT2D eigenvalue weighted by molar-refractivity contribution is 8.02. The number of hydrogen-bond acceptors (Lipinski definition) is 5. The van der Waals surface area contributed by atoms with E-state index in [2.05, 4.69) is 6.58 Å². The fourth-order valence-electron chi connectivity index (χ4n) is 6.96. The molecule has 3 aromatic carbocycles. The Morgan fingerprint density at radius 2 is 1.82 bits per heavy atom. The lowest BCUT2D eigenvalue weighted by molar-refractivity contribution is -0.149. The highest BCUT2D eigenvalue weighted by Gasteiger charge is 2.74. The Bertz CT molecular complexity index is 1460. The number of carbonyl (C=O) groups is 3. The van der Waals surface area contributed by atoms with Gasteiger partial charge in [-0.15, -0.1) is 18.3 Å². The highest BCUT2D eigenvalue weighted by Crippen LogP contribution is 2.67. The topological polar surface area (TPSA) is 98.2 Å². The summed E-state index contributed by atoms with van der Waals surface area (Å²) in [6.07, 6.45) is 2.86. The van der Waals surface area contributed by atoms with Crippen molar-refractivity contribution in [1.29, 1.82) is 0 Å². The molecule has 6 atom stereocenters. The number of carboxylic acids is 1. The van der Waals surface area contributed by atoms with Crippen LogP contribution in [0.15, 0.2) is 85.5 Å². The predicted molar refractivity (Wildman–Crippen MR) is 151 cm³/mol. The Morgan fingerprint density at radius 3 is 2.51 bits per heavy atom. The lowest BCUT2D eigenvalue weighted by atomic mass is 9.71. The second-order valence-corrected chi connectivity index (χ2v) is 12.1. The van der Waals surface area contributed by atoms with Gasteiger partial charge < -0.3 is 20.0 Å². The van der Waals surface area contributed by atoms with Gasteiger partial charge in [-0.25, -0.2) is 0 Å². The van der Waals surface area contributed by atoms with E-state index in [1.807, 2.05) is 72.8 Å². The van der Waals surface area contributed by atoms with Crippen LogP contribution in [0.25, 0.3) is 10.8 Å². The Morgan fingerprint density at radius 1 is 1.10 bits per heavy atom. The largest absolute Gasteiger partial charge is 0.481 e. The maximum absolute atomic E-state index is 14.7. The van der Waals surface area contributed by atoms with Gasteiger partial charge in [0.15, 0.2) is 0 Å². The summed E-state index contributed by atoms with van der Waals surface area (Å²) in [5, 5.41) is 22.5. The monoisotopic (exact) mass is 542 g/mol. The van der Waals surface area contributed by atoms with Crippen LogP contribution in [-0.2, 0) is 14.4 Å². The van der Waals surface area contributed by atoms with Crippen LogP contribution in [0.4, 0.5) is 5.69 Å². The number of carbonyl (C=O) groups excluding carboxylic acids is 2. The van der Waals surface area contributed by atoms with Gasteiger partial charge in [0.2, 0.25) is 5.91 Å². The zero-order valence-electron chi connectivity index (χ0n) is 21.3. The van der Waals surface area contributed by atoms with E-state index in [1.165, 1.54) is 16.7 Å². The fraction of sp³-hybridized carbons (Fsp3) is 0.323. The molecule has 2 amide bonds. The SMILES string of the molecule is C=CCN(C(=O)C1N([C@H](CO)c2ccccc2)C(=O)[C@@H]2[C@@H](C(=O)O)[C@H]3CCC12S3)c1ccc2ccccc2c1. The summed E-state index contributed by atoms with van der Waals surface area (Å²) in [7, 11) is 0. The Labute approximate surface area is 231 Å². The minimum Gasteiger partial charge on any atom is -0.481 e. The van der Waals surface area contributed by atoms with E-state index in [0.717, 1.165) is 10.8 Å². The van der Waals surface area contributed by atoms with Gasteiger partial charge in [0.1, 0.15) is 6.04 Å². The molecule has 3 fully saturated rings. The molecular formula is C31H30N2O5S. The number of hydrogen-bond donors (Lipinski definition) is 2. The zero-order valence-corrected chi connectivity index (χ0v) is 22.2. The molecule has 0 radical (unpaired) electrons. The molecule has 0 aromatic heterocycles. The molecule has 3 saturated heterocycles. The van der Waals surface area contributed by atoms with Gasteiger partial charge in [-0.3, -0.25) is 14.4 Å². The smallest absolute Gasteiger partial charge is 0.308 e. The van der Waals surface area contributed by atoms with Crippen LogP contribution in [0, 0.1) is 11.8 Å². The van der Waals surface area contributed by atoms with Crippen molar-refractivity contribution < 1.29 is 24.6 Å². The van der Waals surface area contributed by atoms with Gasteiger partial charge in [-0.1, -0.05) is 66.7 Å². The van der Waals surface area contributed by atoms with Crippen LogP contribution >= 0.6 is 11.8 Å². The highest BCUT2D eigenvalue weighted by atomic mass is 32.2.